The highest BCUT2D eigenvalue weighted by Gasteiger charge is 2.06. The summed E-state index contributed by atoms with van der Waals surface area (Å²) in [5, 5.41) is 3.23. The molecular formula is C12H12FN3O. The molecule has 0 aliphatic rings. The molecule has 1 amide bonds. The molecule has 0 fully saturated rings. The van der Waals surface area contributed by atoms with E-state index in [0.717, 1.165) is 0 Å². The van der Waals surface area contributed by atoms with Gasteiger partial charge in [-0.15, -0.1) is 0 Å². The molecule has 0 saturated carbocycles. The molecule has 0 aliphatic carbocycles. The SMILES string of the molecule is NCCNC(=O)c1cnc2ccc(F)cc2c1. The highest BCUT2D eigenvalue weighted by atomic mass is 19.1. The number of benzene rings is 1. The highest BCUT2D eigenvalue weighted by molar-refractivity contribution is 5.97. The Labute approximate surface area is 97.6 Å². The third kappa shape index (κ3) is 2.57. The molecule has 1 heterocycles. The van der Waals surface area contributed by atoms with Crippen LogP contribution in [0.2, 0.25) is 0 Å². The van der Waals surface area contributed by atoms with E-state index in [1.807, 2.05) is 0 Å². The zero-order chi connectivity index (χ0) is 12.3. The number of fused-ring (bicyclic) bond motifs is 1. The van der Waals surface area contributed by atoms with Gasteiger partial charge in [0.05, 0.1) is 11.1 Å². The highest BCUT2D eigenvalue weighted by Crippen LogP contribution is 2.14. The van der Waals surface area contributed by atoms with Crippen molar-refractivity contribution in [2.45, 2.75) is 0 Å². The Morgan fingerprint density at radius 3 is 3.00 bits per heavy atom. The third-order valence-corrected chi connectivity index (χ3v) is 2.34. The Morgan fingerprint density at radius 2 is 2.24 bits per heavy atom. The zero-order valence-electron chi connectivity index (χ0n) is 9.11. The van der Waals surface area contributed by atoms with E-state index in [2.05, 4.69) is 10.3 Å². The van der Waals surface area contributed by atoms with E-state index < -0.39 is 0 Å². The van der Waals surface area contributed by atoms with Gasteiger partial charge >= 0.3 is 0 Å². The number of rotatable bonds is 3. The molecule has 5 heteroatoms. The van der Waals surface area contributed by atoms with Crippen LogP contribution in [0.3, 0.4) is 0 Å². The second kappa shape index (κ2) is 4.88. The van der Waals surface area contributed by atoms with E-state index in [-0.39, 0.29) is 11.7 Å². The lowest BCUT2D eigenvalue weighted by Gasteiger charge is -2.04. The number of halogens is 1. The molecule has 0 aliphatic heterocycles. The van der Waals surface area contributed by atoms with Crippen LogP contribution in [0.5, 0.6) is 0 Å². The summed E-state index contributed by atoms with van der Waals surface area (Å²) in [5.41, 5.74) is 6.34. The van der Waals surface area contributed by atoms with Crippen LogP contribution >= 0.6 is 0 Å². The number of hydrogen-bond donors (Lipinski definition) is 2. The fourth-order valence-corrected chi connectivity index (χ4v) is 1.51. The molecule has 0 bridgehead atoms. The minimum absolute atomic E-state index is 0.255. The van der Waals surface area contributed by atoms with Crippen molar-refractivity contribution < 1.29 is 9.18 Å². The number of nitrogens with two attached hydrogens (primary N) is 1. The van der Waals surface area contributed by atoms with Crippen molar-refractivity contribution in [3.05, 3.63) is 41.8 Å². The molecule has 0 spiro atoms. The van der Waals surface area contributed by atoms with E-state index in [1.165, 1.54) is 18.3 Å². The van der Waals surface area contributed by atoms with Gasteiger partial charge in [-0.1, -0.05) is 0 Å². The van der Waals surface area contributed by atoms with Crippen LogP contribution in [-0.2, 0) is 0 Å². The molecule has 2 rings (SSSR count). The molecule has 88 valence electrons. The second-order valence-electron chi connectivity index (χ2n) is 3.61. The van der Waals surface area contributed by atoms with Gasteiger partial charge in [0, 0.05) is 24.7 Å². The largest absolute Gasteiger partial charge is 0.351 e. The van der Waals surface area contributed by atoms with E-state index in [0.29, 0.717) is 29.6 Å². The van der Waals surface area contributed by atoms with E-state index in [4.69, 9.17) is 5.73 Å². The summed E-state index contributed by atoms with van der Waals surface area (Å²) in [6.07, 6.45) is 1.46. The molecule has 1 aromatic heterocycles. The number of aromatic nitrogens is 1. The Bertz CT molecular complexity index is 556. The van der Waals surface area contributed by atoms with Gasteiger partial charge in [0.15, 0.2) is 0 Å². The van der Waals surface area contributed by atoms with E-state index in [1.54, 1.807) is 12.1 Å². The van der Waals surface area contributed by atoms with E-state index in [9.17, 15) is 9.18 Å². The zero-order valence-corrected chi connectivity index (χ0v) is 9.11. The van der Waals surface area contributed by atoms with Crippen LogP contribution < -0.4 is 11.1 Å². The first kappa shape index (κ1) is 11.5. The quantitative estimate of drug-likeness (QED) is 0.833. The van der Waals surface area contributed by atoms with Gasteiger partial charge in [-0.2, -0.15) is 0 Å². The first-order chi connectivity index (χ1) is 8.20. The molecule has 0 atom stereocenters. The van der Waals surface area contributed by atoms with E-state index >= 15 is 0 Å². The van der Waals surface area contributed by atoms with Gasteiger partial charge in [0.25, 0.3) is 5.91 Å². The summed E-state index contributed by atoms with van der Waals surface area (Å²) in [5.74, 6) is -0.604. The van der Waals surface area contributed by atoms with Crippen LogP contribution in [0.25, 0.3) is 10.9 Å². The summed E-state index contributed by atoms with van der Waals surface area (Å²) in [6.45, 7) is 0.779. The molecule has 0 saturated heterocycles. The van der Waals surface area contributed by atoms with Gasteiger partial charge in [0.2, 0.25) is 0 Å². The molecule has 0 radical (unpaired) electrons. The minimum atomic E-state index is -0.348. The number of carbonyl (C=O) groups is 1. The maximum Gasteiger partial charge on any atom is 0.252 e. The van der Waals surface area contributed by atoms with Gasteiger partial charge in [-0.25, -0.2) is 4.39 Å². The number of pyridine rings is 1. The fourth-order valence-electron chi connectivity index (χ4n) is 1.51. The van der Waals surface area contributed by atoms with Gasteiger partial charge in [-0.3, -0.25) is 9.78 Å². The number of nitrogens with zero attached hydrogens (tertiary/aromatic N) is 1. The summed E-state index contributed by atoms with van der Waals surface area (Å²) < 4.78 is 13.0. The lowest BCUT2D eigenvalue weighted by Crippen LogP contribution is -2.29. The van der Waals surface area contributed by atoms with Crippen molar-refractivity contribution in [2.24, 2.45) is 5.73 Å². The van der Waals surface area contributed by atoms with Crippen LogP contribution in [0.15, 0.2) is 30.5 Å². The normalized spacial score (nSPS) is 10.5. The van der Waals surface area contributed by atoms with Gasteiger partial charge in [-0.05, 0) is 24.3 Å². The smallest absolute Gasteiger partial charge is 0.252 e. The summed E-state index contributed by atoms with van der Waals surface area (Å²) in [4.78, 5) is 15.7. The topological polar surface area (TPSA) is 68.0 Å². The van der Waals surface area contributed by atoms with Crippen molar-refractivity contribution in [3.63, 3.8) is 0 Å². The Morgan fingerprint density at radius 1 is 1.41 bits per heavy atom. The number of carbonyl (C=O) groups excluding carboxylic acids is 1. The summed E-state index contributed by atoms with van der Waals surface area (Å²) in [7, 11) is 0. The molecule has 0 unspecified atom stereocenters. The molecule has 3 N–H and O–H groups in total. The maximum absolute atomic E-state index is 13.0. The van der Waals surface area contributed by atoms with Gasteiger partial charge < -0.3 is 11.1 Å². The van der Waals surface area contributed by atoms with Crippen LogP contribution in [0, 0.1) is 5.82 Å². The molecular weight excluding hydrogens is 221 g/mol. The first-order valence-electron chi connectivity index (χ1n) is 5.24. The van der Waals surface area contributed by atoms with Crippen LogP contribution in [0.4, 0.5) is 4.39 Å². The van der Waals surface area contributed by atoms with Crippen molar-refractivity contribution in [3.8, 4) is 0 Å². The van der Waals surface area contributed by atoms with Crippen LogP contribution in [0.1, 0.15) is 10.4 Å². The lowest BCUT2D eigenvalue weighted by molar-refractivity contribution is 0.0954. The summed E-state index contributed by atoms with van der Waals surface area (Å²) in [6, 6.07) is 5.87. The Kier molecular flexibility index (Phi) is 3.30. The maximum atomic E-state index is 13.0. The first-order valence-corrected chi connectivity index (χ1v) is 5.24. The predicted molar refractivity (Wildman–Crippen MR) is 63.1 cm³/mol. The molecule has 17 heavy (non-hydrogen) atoms. The number of amides is 1. The van der Waals surface area contributed by atoms with Gasteiger partial charge in [0.1, 0.15) is 5.82 Å². The third-order valence-electron chi connectivity index (χ3n) is 2.34. The second-order valence-corrected chi connectivity index (χ2v) is 3.61. The average molecular weight is 233 g/mol. The van der Waals surface area contributed by atoms with Crippen molar-refractivity contribution in [1.29, 1.82) is 0 Å². The summed E-state index contributed by atoms with van der Waals surface area (Å²) >= 11 is 0. The van der Waals surface area contributed by atoms with Crippen molar-refractivity contribution in [2.75, 3.05) is 13.1 Å². The predicted octanol–water partition coefficient (Wildman–Crippen LogP) is 1.06. The van der Waals surface area contributed by atoms with Crippen molar-refractivity contribution in [1.82, 2.24) is 10.3 Å². The molecule has 4 nitrogen and oxygen atoms in total. The standard InChI is InChI=1S/C12H12FN3O/c13-10-1-2-11-8(6-10)5-9(7-16-11)12(17)15-4-3-14/h1-2,5-7H,3-4,14H2,(H,15,17). The minimum Gasteiger partial charge on any atom is -0.351 e. The number of nitrogens with one attached hydrogen (secondary N) is 1. The van der Waals surface area contributed by atoms with Crippen molar-refractivity contribution >= 4 is 16.8 Å². The average Bonchev–Trinajstić information content (AvgIpc) is 2.35. The molecule has 1 aromatic carbocycles. The Hall–Kier alpha value is -2.01. The number of hydrogen-bond acceptors (Lipinski definition) is 3. The lowest BCUT2D eigenvalue weighted by atomic mass is 10.1. The monoisotopic (exact) mass is 233 g/mol. The Balaban J connectivity index is 2.33. The molecule has 2 aromatic rings. The fraction of sp³-hybridized carbons (Fsp3) is 0.167. The van der Waals surface area contributed by atoms with Crippen LogP contribution in [-0.4, -0.2) is 24.0 Å².